The molecule has 1 fully saturated rings. The second-order valence-corrected chi connectivity index (χ2v) is 6.79. The average molecular weight is 358 g/mol. The van der Waals surface area contributed by atoms with Crippen molar-refractivity contribution in [1.29, 1.82) is 0 Å². The molecule has 0 saturated carbocycles. The van der Waals surface area contributed by atoms with Crippen molar-refractivity contribution in [2.24, 2.45) is 0 Å². The van der Waals surface area contributed by atoms with Crippen molar-refractivity contribution in [3.8, 4) is 0 Å². The standard InChI is InChI=1S/C20H20ClNO3/c1-13-11-22(12-14(2)25-13)20(24)18-6-4-3-5-17(18)19(23)15-7-9-16(21)10-8-15/h3-10,13-14H,11-12H2,1-2H3/t13-,14-/m1/s1. The fourth-order valence-corrected chi connectivity index (χ4v) is 3.26. The van der Waals surface area contributed by atoms with Gasteiger partial charge in [0, 0.05) is 29.2 Å². The van der Waals surface area contributed by atoms with Crippen LogP contribution in [0.1, 0.15) is 40.1 Å². The maximum absolute atomic E-state index is 13.0. The van der Waals surface area contributed by atoms with E-state index in [1.54, 1.807) is 53.4 Å². The second kappa shape index (κ2) is 7.38. The van der Waals surface area contributed by atoms with Crippen LogP contribution >= 0.6 is 11.6 Å². The van der Waals surface area contributed by atoms with Crippen LogP contribution in [-0.2, 0) is 4.74 Å². The van der Waals surface area contributed by atoms with Crippen LogP contribution in [-0.4, -0.2) is 41.9 Å². The van der Waals surface area contributed by atoms with Crippen LogP contribution in [0.25, 0.3) is 0 Å². The Balaban J connectivity index is 1.91. The van der Waals surface area contributed by atoms with Crippen LogP contribution in [0.15, 0.2) is 48.5 Å². The van der Waals surface area contributed by atoms with Gasteiger partial charge >= 0.3 is 0 Å². The number of halogens is 1. The summed E-state index contributed by atoms with van der Waals surface area (Å²) in [7, 11) is 0. The van der Waals surface area contributed by atoms with Crippen molar-refractivity contribution >= 4 is 23.3 Å². The first-order valence-electron chi connectivity index (χ1n) is 8.29. The number of morpholine rings is 1. The normalized spacial score (nSPS) is 20.4. The number of ether oxygens (including phenoxy) is 1. The van der Waals surface area contributed by atoms with Gasteiger partial charge in [-0.25, -0.2) is 0 Å². The molecule has 0 unspecified atom stereocenters. The summed E-state index contributed by atoms with van der Waals surface area (Å²) in [6.07, 6.45) is -0.0429. The highest BCUT2D eigenvalue weighted by molar-refractivity contribution is 6.30. The van der Waals surface area contributed by atoms with Gasteiger partial charge in [-0.05, 0) is 44.2 Å². The molecule has 0 spiro atoms. The summed E-state index contributed by atoms with van der Waals surface area (Å²) in [5.41, 5.74) is 1.33. The second-order valence-electron chi connectivity index (χ2n) is 6.35. The van der Waals surface area contributed by atoms with Crippen LogP contribution in [0, 0.1) is 0 Å². The molecule has 4 nitrogen and oxygen atoms in total. The van der Waals surface area contributed by atoms with E-state index < -0.39 is 0 Å². The van der Waals surface area contributed by atoms with Gasteiger partial charge in [-0.1, -0.05) is 29.8 Å². The summed E-state index contributed by atoms with van der Waals surface area (Å²) in [6, 6.07) is 13.6. The summed E-state index contributed by atoms with van der Waals surface area (Å²) in [5, 5.41) is 0.567. The van der Waals surface area contributed by atoms with Gasteiger partial charge in [0.25, 0.3) is 5.91 Å². The molecule has 25 heavy (non-hydrogen) atoms. The number of amides is 1. The third kappa shape index (κ3) is 3.91. The monoisotopic (exact) mass is 357 g/mol. The third-order valence-electron chi connectivity index (χ3n) is 4.22. The Bertz CT molecular complexity index is 778. The molecule has 1 heterocycles. The van der Waals surface area contributed by atoms with E-state index in [9.17, 15) is 9.59 Å². The SMILES string of the molecule is C[C@@H]1CN(C(=O)c2ccccc2C(=O)c2ccc(Cl)cc2)C[C@@H](C)O1. The van der Waals surface area contributed by atoms with Crippen LogP contribution in [0.5, 0.6) is 0 Å². The van der Waals surface area contributed by atoms with Crippen LogP contribution in [0.3, 0.4) is 0 Å². The fourth-order valence-electron chi connectivity index (χ4n) is 3.14. The lowest BCUT2D eigenvalue weighted by Crippen LogP contribution is -2.48. The molecular formula is C20H20ClNO3. The van der Waals surface area contributed by atoms with Crippen molar-refractivity contribution in [3.05, 3.63) is 70.2 Å². The molecule has 130 valence electrons. The maximum atomic E-state index is 13.0. The topological polar surface area (TPSA) is 46.6 Å². The molecular weight excluding hydrogens is 338 g/mol. The van der Waals surface area contributed by atoms with E-state index in [1.165, 1.54) is 0 Å². The Morgan fingerprint density at radius 1 is 0.960 bits per heavy atom. The zero-order chi connectivity index (χ0) is 18.0. The highest BCUT2D eigenvalue weighted by Crippen LogP contribution is 2.20. The minimum absolute atomic E-state index is 0.0215. The first-order valence-corrected chi connectivity index (χ1v) is 8.67. The van der Waals surface area contributed by atoms with Crippen molar-refractivity contribution in [2.75, 3.05) is 13.1 Å². The van der Waals surface area contributed by atoms with Crippen LogP contribution in [0.4, 0.5) is 0 Å². The summed E-state index contributed by atoms with van der Waals surface area (Å²) in [6.45, 7) is 4.93. The number of carbonyl (C=O) groups is 2. The fraction of sp³-hybridized carbons (Fsp3) is 0.300. The van der Waals surface area contributed by atoms with Gasteiger partial charge in [0.05, 0.1) is 17.8 Å². The lowest BCUT2D eigenvalue weighted by Gasteiger charge is -2.35. The van der Waals surface area contributed by atoms with Gasteiger partial charge in [0.1, 0.15) is 0 Å². The quantitative estimate of drug-likeness (QED) is 0.784. The van der Waals surface area contributed by atoms with Gasteiger partial charge < -0.3 is 9.64 Å². The summed E-state index contributed by atoms with van der Waals surface area (Å²) >= 11 is 5.89. The first kappa shape index (κ1) is 17.6. The maximum Gasteiger partial charge on any atom is 0.254 e. The number of benzene rings is 2. The zero-order valence-corrected chi connectivity index (χ0v) is 15.0. The van der Waals surface area contributed by atoms with Gasteiger partial charge in [-0.15, -0.1) is 0 Å². The molecule has 1 aliphatic rings. The van der Waals surface area contributed by atoms with E-state index in [2.05, 4.69) is 0 Å². The van der Waals surface area contributed by atoms with Crippen molar-refractivity contribution < 1.29 is 14.3 Å². The molecule has 0 bridgehead atoms. The lowest BCUT2D eigenvalue weighted by molar-refractivity contribution is -0.0586. The predicted octanol–water partition coefficient (Wildman–Crippen LogP) is 3.82. The highest BCUT2D eigenvalue weighted by atomic mass is 35.5. The lowest BCUT2D eigenvalue weighted by atomic mass is 9.97. The highest BCUT2D eigenvalue weighted by Gasteiger charge is 2.28. The Morgan fingerprint density at radius 3 is 2.12 bits per heavy atom. The molecule has 2 aromatic carbocycles. The number of carbonyl (C=O) groups excluding carboxylic acids is 2. The minimum atomic E-state index is -0.185. The number of hydrogen-bond acceptors (Lipinski definition) is 3. The summed E-state index contributed by atoms with van der Waals surface area (Å²) < 4.78 is 5.69. The largest absolute Gasteiger partial charge is 0.372 e. The summed E-state index contributed by atoms with van der Waals surface area (Å²) in [5.74, 6) is -0.324. The first-order chi connectivity index (χ1) is 12.0. The smallest absolute Gasteiger partial charge is 0.254 e. The minimum Gasteiger partial charge on any atom is -0.372 e. The van der Waals surface area contributed by atoms with Gasteiger partial charge in [-0.3, -0.25) is 9.59 Å². The predicted molar refractivity (Wildman–Crippen MR) is 97.2 cm³/mol. The molecule has 2 atom stereocenters. The molecule has 0 radical (unpaired) electrons. The van der Waals surface area contributed by atoms with E-state index in [1.807, 2.05) is 13.8 Å². The zero-order valence-electron chi connectivity index (χ0n) is 14.2. The van der Waals surface area contributed by atoms with Crippen LogP contribution < -0.4 is 0 Å². The van der Waals surface area contributed by atoms with Gasteiger partial charge in [-0.2, -0.15) is 0 Å². The van der Waals surface area contributed by atoms with E-state index in [0.717, 1.165) is 0 Å². The Labute approximate surface area is 152 Å². The van der Waals surface area contributed by atoms with Crippen LogP contribution in [0.2, 0.25) is 5.02 Å². The number of hydrogen-bond donors (Lipinski definition) is 0. The number of ketones is 1. The third-order valence-corrected chi connectivity index (χ3v) is 4.47. The molecule has 1 saturated heterocycles. The molecule has 3 rings (SSSR count). The van der Waals surface area contributed by atoms with Crippen molar-refractivity contribution in [3.63, 3.8) is 0 Å². The molecule has 0 N–H and O–H groups in total. The van der Waals surface area contributed by atoms with Gasteiger partial charge in [0.2, 0.25) is 0 Å². The van der Waals surface area contributed by atoms with E-state index in [4.69, 9.17) is 16.3 Å². The molecule has 2 aromatic rings. The van der Waals surface area contributed by atoms with Crippen molar-refractivity contribution in [1.82, 2.24) is 4.90 Å². The Kier molecular flexibility index (Phi) is 5.21. The number of nitrogens with zero attached hydrogens (tertiary/aromatic N) is 1. The summed E-state index contributed by atoms with van der Waals surface area (Å²) in [4.78, 5) is 27.6. The molecule has 0 aromatic heterocycles. The average Bonchev–Trinajstić information content (AvgIpc) is 2.60. The molecule has 1 aliphatic heterocycles. The van der Waals surface area contributed by atoms with Crippen molar-refractivity contribution in [2.45, 2.75) is 26.1 Å². The van der Waals surface area contributed by atoms with E-state index in [0.29, 0.717) is 34.8 Å². The Hall–Kier alpha value is -2.17. The van der Waals surface area contributed by atoms with Gasteiger partial charge in [0.15, 0.2) is 5.78 Å². The van der Waals surface area contributed by atoms with E-state index >= 15 is 0 Å². The molecule has 0 aliphatic carbocycles. The number of rotatable bonds is 3. The van der Waals surface area contributed by atoms with E-state index in [-0.39, 0.29) is 23.9 Å². The molecule has 5 heteroatoms. The molecule has 1 amide bonds. The Morgan fingerprint density at radius 2 is 1.52 bits per heavy atom.